The SMILES string of the molecule is CCCCC/C=C/C/C=C/C/C=C/C/C=C/CCCCCC(=O)OC[C@@H](COC(=O)CCC/C=C/C/C=C/C/C=C/C/C=C/CCCCC)OC(=O)CCC/C=C/C/C=C/C/C=C/C/C=C/CCCCC. The second-order valence-electron chi connectivity index (χ2n) is 18.1. The maximum Gasteiger partial charge on any atom is 0.306 e. The lowest BCUT2D eigenvalue weighted by molar-refractivity contribution is -0.167. The maximum atomic E-state index is 12.8. The van der Waals surface area contributed by atoms with Crippen molar-refractivity contribution < 1.29 is 28.6 Å². The van der Waals surface area contributed by atoms with Crippen molar-refractivity contribution in [2.24, 2.45) is 0 Å². The van der Waals surface area contributed by atoms with E-state index in [0.29, 0.717) is 19.3 Å². The minimum absolute atomic E-state index is 0.139. The number of carbonyl (C=O) groups is 3. The lowest BCUT2D eigenvalue weighted by Crippen LogP contribution is -2.30. The fourth-order valence-corrected chi connectivity index (χ4v) is 7.00. The Morgan fingerprint density at radius 3 is 0.817 bits per heavy atom. The molecule has 0 bridgehead atoms. The van der Waals surface area contributed by atoms with Crippen molar-refractivity contribution in [1.29, 1.82) is 0 Å². The van der Waals surface area contributed by atoms with Crippen LogP contribution in [0.5, 0.6) is 0 Å². The van der Waals surface area contributed by atoms with Crippen LogP contribution in [0.4, 0.5) is 0 Å². The molecule has 6 nitrogen and oxygen atoms in total. The average Bonchev–Trinajstić information content (AvgIpc) is 3.37. The monoisotopic (exact) mass is 979 g/mol. The van der Waals surface area contributed by atoms with E-state index >= 15 is 0 Å². The molecule has 0 aliphatic heterocycles. The standard InChI is InChI=1S/C65H102O6/c1-4-7-10-13-16-19-22-25-28-31-32-35-37-40-43-46-49-52-55-58-64(67)70-61-62(71-65(68)59-56-53-50-47-44-41-38-34-30-27-24-21-18-15-12-9-6-3)60-69-63(66)57-54-51-48-45-42-39-36-33-29-26-23-20-17-14-11-8-5-2/h16-21,25-30,32,35-36,38-41,43,45,47-48,50,62H,4-15,22-24,31,33-34,37,42,44,46,49,51-61H2,1-3H3/b19-16+,20-17+,21-18+,28-25+,29-26+,30-27+,35-32+,39-36+,41-38+,43-40+,48-45+,50-47+/t62-/m1/s1. The minimum Gasteiger partial charge on any atom is -0.462 e. The Hall–Kier alpha value is -4.71. The van der Waals surface area contributed by atoms with Gasteiger partial charge in [0.25, 0.3) is 0 Å². The van der Waals surface area contributed by atoms with Crippen LogP contribution in [0.15, 0.2) is 146 Å². The number of hydrogen-bond donors (Lipinski definition) is 0. The van der Waals surface area contributed by atoms with Gasteiger partial charge in [0.05, 0.1) is 0 Å². The van der Waals surface area contributed by atoms with Crippen molar-refractivity contribution in [1.82, 2.24) is 0 Å². The van der Waals surface area contributed by atoms with Crippen LogP contribution in [0.1, 0.15) is 226 Å². The zero-order chi connectivity index (χ0) is 51.4. The van der Waals surface area contributed by atoms with E-state index in [4.69, 9.17) is 14.2 Å². The zero-order valence-electron chi connectivity index (χ0n) is 45.4. The van der Waals surface area contributed by atoms with Crippen LogP contribution in [0.2, 0.25) is 0 Å². The Balaban J connectivity index is 4.65. The van der Waals surface area contributed by atoms with E-state index in [2.05, 4.69) is 167 Å². The summed E-state index contributed by atoms with van der Waals surface area (Å²) in [7, 11) is 0. The third-order valence-corrected chi connectivity index (χ3v) is 11.3. The van der Waals surface area contributed by atoms with Crippen molar-refractivity contribution in [3.05, 3.63) is 146 Å². The highest BCUT2D eigenvalue weighted by atomic mass is 16.6. The first-order valence-electron chi connectivity index (χ1n) is 28.3. The van der Waals surface area contributed by atoms with Crippen LogP contribution in [0.25, 0.3) is 0 Å². The van der Waals surface area contributed by atoms with Crippen LogP contribution in [0, 0.1) is 0 Å². The van der Waals surface area contributed by atoms with Gasteiger partial charge in [-0.15, -0.1) is 0 Å². The van der Waals surface area contributed by atoms with Gasteiger partial charge >= 0.3 is 17.9 Å². The van der Waals surface area contributed by atoms with Crippen molar-refractivity contribution in [2.75, 3.05) is 13.2 Å². The summed E-state index contributed by atoms with van der Waals surface area (Å²) in [5.74, 6) is -1.09. The van der Waals surface area contributed by atoms with Gasteiger partial charge in [-0.25, -0.2) is 0 Å². The molecule has 0 aromatic heterocycles. The highest BCUT2D eigenvalue weighted by Gasteiger charge is 2.19. The summed E-state index contributed by atoms with van der Waals surface area (Å²) in [6, 6.07) is 0. The molecular weight excluding hydrogens is 877 g/mol. The van der Waals surface area contributed by atoms with E-state index in [-0.39, 0.29) is 38.0 Å². The molecule has 0 N–H and O–H groups in total. The lowest BCUT2D eigenvalue weighted by atomic mass is 10.1. The number of ether oxygens (including phenoxy) is 3. The molecule has 0 radical (unpaired) electrons. The second kappa shape index (κ2) is 57.9. The van der Waals surface area contributed by atoms with E-state index < -0.39 is 12.1 Å². The number of carbonyl (C=O) groups excluding carboxylic acids is 3. The van der Waals surface area contributed by atoms with Gasteiger partial charge in [-0.05, 0) is 141 Å². The van der Waals surface area contributed by atoms with Crippen LogP contribution in [-0.4, -0.2) is 37.2 Å². The molecule has 0 saturated carbocycles. The highest BCUT2D eigenvalue weighted by molar-refractivity contribution is 5.71. The number of esters is 3. The molecule has 0 aliphatic carbocycles. The van der Waals surface area contributed by atoms with Crippen molar-refractivity contribution >= 4 is 17.9 Å². The fraction of sp³-hybridized carbons (Fsp3) is 0.585. The summed E-state index contributed by atoms with van der Waals surface area (Å²) < 4.78 is 16.7. The number of allylic oxidation sites excluding steroid dienone is 24. The smallest absolute Gasteiger partial charge is 0.306 e. The first-order chi connectivity index (χ1) is 35.0. The number of rotatable bonds is 49. The summed E-state index contributed by atoms with van der Waals surface area (Å²) in [4.78, 5) is 38.1. The predicted molar refractivity (Wildman–Crippen MR) is 306 cm³/mol. The molecule has 398 valence electrons. The Bertz CT molecular complexity index is 1590. The average molecular weight is 980 g/mol. The van der Waals surface area contributed by atoms with Crippen molar-refractivity contribution in [3.8, 4) is 0 Å². The maximum absolute atomic E-state index is 12.8. The molecule has 0 aliphatic rings. The molecule has 0 saturated heterocycles. The van der Waals surface area contributed by atoms with Gasteiger partial charge in [-0.1, -0.05) is 212 Å². The molecule has 0 unspecified atom stereocenters. The molecular formula is C65H102O6. The van der Waals surface area contributed by atoms with Gasteiger partial charge in [-0.2, -0.15) is 0 Å². The first kappa shape index (κ1) is 66.3. The largest absolute Gasteiger partial charge is 0.462 e. The Morgan fingerprint density at radius 1 is 0.282 bits per heavy atom. The van der Waals surface area contributed by atoms with E-state index in [9.17, 15) is 14.4 Å². The lowest BCUT2D eigenvalue weighted by Gasteiger charge is -2.18. The van der Waals surface area contributed by atoms with Crippen LogP contribution in [-0.2, 0) is 28.6 Å². The number of hydrogen-bond acceptors (Lipinski definition) is 6. The minimum atomic E-state index is -0.849. The van der Waals surface area contributed by atoms with Gasteiger partial charge in [0, 0.05) is 19.3 Å². The van der Waals surface area contributed by atoms with Gasteiger partial charge in [0.2, 0.25) is 0 Å². The zero-order valence-corrected chi connectivity index (χ0v) is 45.4. The van der Waals surface area contributed by atoms with E-state index in [0.717, 1.165) is 96.3 Å². The molecule has 1 atom stereocenters. The van der Waals surface area contributed by atoms with Crippen LogP contribution >= 0.6 is 0 Å². The first-order valence-corrected chi connectivity index (χ1v) is 28.3. The Labute approximate surface area is 436 Å². The van der Waals surface area contributed by atoms with Gasteiger partial charge < -0.3 is 14.2 Å². The molecule has 0 aromatic carbocycles. The molecule has 6 heteroatoms. The van der Waals surface area contributed by atoms with Gasteiger partial charge in [-0.3, -0.25) is 14.4 Å². The van der Waals surface area contributed by atoms with Crippen LogP contribution < -0.4 is 0 Å². The molecule has 0 amide bonds. The Kier molecular flexibility index (Phi) is 54.0. The van der Waals surface area contributed by atoms with Gasteiger partial charge in [0.15, 0.2) is 6.10 Å². The molecule has 0 spiro atoms. The highest BCUT2D eigenvalue weighted by Crippen LogP contribution is 2.10. The fourth-order valence-electron chi connectivity index (χ4n) is 7.00. The van der Waals surface area contributed by atoms with E-state index in [1.54, 1.807) is 0 Å². The van der Waals surface area contributed by atoms with E-state index in [1.807, 2.05) is 0 Å². The third kappa shape index (κ3) is 56.1. The van der Waals surface area contributed by atoms with Crippen LogP contribution in [0.3, 0.4) is 0 Å². The molecule has 0 heterocycles. The topological polar surface area (TPSA) is 78.9 Å². The normalized spacial score (nSPS) is 13.2. The third-order valence-electron chi connectivity index (χ3n) is 11.3. The summed E-state index contributed by atoms with van der Waals surface area (Å²) in [5.41, 5.74) is 0. The second-order valence-corrected chi connectivity index (χ2v) is 18.1. The van der Waals surface area contributed by atoms with Crippen molar-refractivity contribution in [2.45, 2.75) is 232 Å². The summed E-state index contributed by atoms with van der Waals surface area (Å²) in [6.07, 6.45) is 82.7. The number of unbranched alkanes of at least 4 members (excludes halogenated alkanes) is 14. The predicted octanol–water partition coefficient (Wildman–Crippen LogP) is 19.2. The van der Waals surface area contributed by atoms with E-state index in [1.165, 1.54) is 77.0 Å². The molecule has 0 rings (SSSR count). The summed E-state index contributed by atoms with van der Waals surface area (Å²) in [5, 5.41) is 0. The van der Waals surface area contributed by atoms with Gasteiger partial charge in [0.1, 0.15) is 13.2 Å². The molecule has 71 heavy (non-hydrogen) atoms. The summed E-state index contributed by atoms with van der Waals surface area (Å²) >= 11 is 0. The summed E-state index contributed by atoms with van der Waals surface area (Å²) in [6.45, 7) is 6.42. The molecule has 0 fully saturated rings. The van der Waals surface area contributed by atoms with Crippen molar-refractivity contribution in [3.63, 3.8) is 0 Å². The molecule has 0 aromatic rings. The quantitative estimate of drug-likeness (QED) is 0.0262. The Morgan fingerprint density at radius 2 is 0.521 bits per heavy atom.